The van der Waals surface area contributed by atoms with E-state index >= 15 is 0 Å². The highest BCUT2D eigenvalue weighted by Gasteiger charge is 2.13. The fraction of sp³-hybridized carbons (Fsp3) is 0.389. The normalized spacial score (nSPS) is 10.3. The molecule has 1 aromatic carbocycles. The summed E-state index contributed by atoms with van der Waals surface area (Å²) < 4.78 is 20.9. The monoisotopic (exact) mass is 362 g/mol. The van der Waals surface area contributed by atoms with Gasteiger partial charge in [0.1, 0.15) is 6.54 Å². The van der Waals surface area contributed by atoms with E-state index in [2.05, 4.69) is 10.5 Å². The van der Waals surface area contributed by atoms with Gasteiger partial charge in [0.15, 0.2) is 23.9 Å². The van der Waals surface area contributed by atoms with Crippen molar-refractivity contribution in [2.75, 3.05) is 19.8 Å². The molecule has 0 saturated carbocycles. The van der Waals surface area contributed by atoms with Crippen molar-refractivity contribution in [2.45, 2.75) is 27.4 Å². The van der Waals surface area contributed by atoms with Gasteiger partial charge in [-0.3, -0.25) is 9.59 Å². The molecule has 0 spiro atoms. The Kier molecular flexibility index (Phi) is 7.02. The molecule has 0 unspecified atom stereocenters. The number of aryl methyl sites for hydroxylation is 1. The molecule has 2 aromatic rings. The molecule has 26 heavy (non-hydrogen) atoms. The molecule has 0 atom stereocenters. The van der Waals surface area contributed by atoms with Gasteiger partial charge in [0.05, 0.1) is 18.9 Å². The third-order valence-electron chi connectivity index (χ3n) is 3.25. The first-order chi connectivity index (χ1) is 12.5. The molecule has 140 valence electrons. The lowest BCUT2D eigenvalue weighted by atomic mass is 10.2. The minimum absolute atomic E-state index is 0.0346. The van der Waals surface area contributed by atoms with Crippen LogP contribution in [0, 0.1) is 6.92 Å². The van der Waals surface area contributed by atoms with E-state index in [4.69, 9.17) is 18.7 Å². The topological polar surface area (TPSA) is 99.9 Å². The molecule has 1 N–H and O–H groups in total. The van der Waals surface area contributed by atoms with Gasteiger partial charge in [-0.1, -0.05) is 5.16 Å². The summed E-state index contributed by atoms with van der Waals surface area (Å²) in [6.45, 7) is 6.11. The predicted octanol–water partition coefficient (Wildman–Crippen LogP) is 2.25. The van der Waals surface area contributed by atoms with Gasteiger partial charge in [-0.2, -0.15) is 0 Å². The average molecular weight is 362 g/mol. The number of hydrogen-bond donors (Lipinski definition) is 1. The van der Waals surface area contributed by atoms with Gasteiger partial charge in [-0.15, -0.1) is 0 Å². The summed E-state index contributed by atoms with van der Waals surface area (Å²) in [6, 6.07) is 6.51. The number of rotatable bonds is 9. The molecule has 0 aliphatic heterocycles. The molecular weight excluding hydrogens is 340 g/mol. The Hall–Kier alpha value is -3.03. The smallest absolute Gasteiger partial charge is 0.325 e. The summed E-state index contributed by atoms with van der Waals surface area (Å²) >= 11 is 0. The summed E-state index contributed by atoms with van der Waals surface area (Å²) in [7, 11) is 0. The molecule has 1 aromatic heterocycles. The lowest BCUT2D eigenvalue weighted by Crippen LogP contribution is -2.30. The number of amides is 1. The molecular formula is C18H22N2O6. The summed E-state index contributed by atoms with van der Waals surface area (Å²) in [5.41, 5.74) is 1.06. The van der Waals surface area contributed by atoms with Crippen LogP contribution < -0.4 is 14.8 Å². The first-order valence-electron chi connectivity index (χ1n) is 8.29. The predicted molar refractivity (Wildman–Crippen MR) is 92.1 cm³/mol. The Bertz CT molecular complexity index is 756. The van der Waals surface area contributed by atoms with Gasteiger partial charge in [0.2, 0.25) is 0 Å². The molecule has 0 bridgehead atoms. The zero-order valence-corrected chi connectivity index (χ0v) is 15.0. The maximum absolute atomic E-state index is 12.2. The van der Waals surface area contributed by atoms with Crippen LogP contribution in [0.1, 0.15) is 35.7 Å². The van der Waals surface area contributed by atoms with Crippen LogP contribution in [0.25, 0.3) is 0 Å². The minimum Gasteiger partial charge on any atom is -0.490 e. The summed E-state index contributed by atoms with van der Waals surface area (Å²) in [6.07, 6.45) is 0. The van der Waals surface area contributed by atoms with Gasteiger partial charge < -0.3 is 24.1 Å². The van der Waals surface area contributed by atoms with Gasteiger partial charge in [-0.25, -0.2) is 0 Å². The van der Waals surface area contributed by atoms with E-state index < -0.39 is 11.9 Å². The number of benzene rings is 1. The van der Waals surface area contributed by atoms with Crippen LogP contribution in [0.3, 0.4) is 0 Å². The Balaban J connectivity index is 1.88. The number of hydrogen-bond acceptors (Lipinski definition) is 7. The first kappa shape index (κ1) is 19.3. The summed E-state index contributed by atoms with van der Waals surface area (Å²) in [5.74, 6) is 0.484. The quantitative estimate of drug-likeness (QED) is 0.683. The van der Waals surface area contributed by atoms with E-state index in [1.54, 1.807) is 31.2 Å². The number of ether oxygens (including phenoxy) is 3. The highest BCUT2D eigenvalue weighted by molar-refractivity contribution is 5.96. The van der Waals surface area contributed by atoms with E-state index in [9.17, 15) is 9.59 Å². The zero-order chi connectivity index (χ0) is 18.9. The van der Waals surface area contributed by atoms with Crippen LogP contribution in [-0.4, -0.2) is 36.8 Å². The Morgan fingerprint density at radius 1 is 1.12 bits per heavy atom. The maximum atomic E-state index is 12.2. The second kappa shape index (κ2) is 9.45. The van der Waals surface area contributed by atoms with Crippen molar-refractivity contribution < 1.29 is 28.3 Å². The second-order valence-electron chi connectivity index (χ2n) is 5.31. The van der Waals surface area contributed by atoms with E-state index in [1.807, 2.05) is 13.8 Å². The summed E-state index contributed by atoms with van der Waals surface area (Å²) in [5, 5.41) is 6.20. The molecule has 1 heterocycles. The molecule has 1 amide bonds. The van der Waals surface area contributed by atoms with Gasteiger partial charge in [-0.05, 0) is 39.0 Å². The largest absolute Gasteiger partial charge is 0.490 e. The van der Waals surface area contributed by atoms with Crippen molar-refractivity contribution in [3.8, 4) is 11.5 Å². The third kappa shape index (κ3) is 5.51. The number of esters is 1. The fourth-order valence-corrected chi connectivity index (χ4v) is 2.13. The van der Waals surface area contributed by atoms with Crippen molar-refractivity contribution in [2.24, 2.45) is 0 Å². The number of nitrogens with one attached hydrogen (secondary N) is 1. The number of carbonyl (C=O) groups excluding carboxylic acids is 2. The third-order valence-corrected chi connectivity index (χ3v) is 3.25. The van der Waals surface area contributed by atoms with Crippen molar-refractivity contribution >= 4 is 11.9 Å². The van der Waals surface area contributed by atoms with Crippen LogP contribution in [0.2, 0.25) is 0 Å². The Morgan fingerprint density at radius 3 is 2.50 bits per heavy atom. The van der Waals surface area contributed by atoms with Gasteiger partial charge in [0.25, 0.3) is 5.91 Å². The van der Waals surface area contributed by atoms with Crippen molar-refractivity contribution in [3.63, 3.8) is 0 Å². The molecule has 2 rings (SSSR count). The highest BCUT2D eigenvalue weighted by Crippen LogP contribution is 2.28. The number of nitrogens with zero attached hydrogens (tertiary/aromatic N) is 1. The van der Waals surface area contributed by atoms with Gasteiger partial charge >= 0.3 is 5.97 Å². The molecule has 0 fully saturated rings. The highest BCUT2D eigenvalue weighted by atomic mass is 16.6. The minimum atomic E-state index is -0.580. The van der Waals surface area contributed by atoms with E-state index in [0.717, 1.165) is 0 Å². The van der Waals surface area contributed by atoms with Crippen LogP contribution >= 0.6 is 0 Å². The molecule has 8 heteroatoms. The van der Waals surface area contributed by atoms with Crippen LogP contribution in [0.4, 0.5) is 0 Å². The number of aromatic nitrogens is 1. The van der Waals surface area contributed by atoms with Gasteiger partial charge in [0, 0.05) is 11.6 Å². The van der Waals surface area contributed by atoms with Crippen LogP contribution in [0.5, 0.6) is 11.5 Å². The number of carbonyl (C=O) groups is 2. The van der Waals surface area contributed by atoms with Crippen molar-refractivity contribution in [1.82, 2.24) is 10.5 Å². The Labute approximate surface area is 151 Å². The maximum Gasteiger partial charge on any atom is 0.325 e. The van der Waals surface area contributed by atoms with Crippen LogP contribution in [-0.2, 0) is 16.1 Å². The molecule has 0 aliphatic rings. The fourth-order valence-electron chi connectivity index (χ4n) is 2.13. The molecule has 0 radical (unpaired) electrons. The standard InChI is InChI=1S/C18H22N2O6/c1-4-23-15-7-6-13(9-16(15)24-5-2)18(22)19-10-17(21)25-11-14-8-12(3)20-26-14/h6-9H,4-5,10-11H2,1-3H3,(H,19,22). The lowest BCUT2D eigenvalue weighted by molar-refractivity contribution is -0.144. The summed E-state index contributed by atoms with van der Waals surface area (Å²) in [4.78, 5) is 23.9. The second-order valence-corrected chi connectivity index (χ2v) is 5.31. The lowest BCUT2D eigenvalue weighted by Gasteiger charge is -2.12. The first-order valence-corrected chi connectivity index (χ1v) is 8.29. The van der Waals surface area contributed by atoms with E-state index in [-0.39, 0.29) is 13.2 Å². The molecule has 8 nitrogen and oxygen atoms in total. The SMILES string of the molecule is CCOc1ccc(C(=O)NCC(=O)OCc2cc(C)no2)cc1OCC. The Morgan fingerprint density at radius 2 is 1.85 bits per heavy atom. The van der Waals surface area contributed by atoms with Crippen LogP contribution in [0.15, 0.2) is 28.8 Å². The van der Waals surface area contributed by atoms with E-state index in [1.165, 1.54) is 0 Å². The van der Waals surface area contributed by atoms with Crippen molar-refractivity contribution in [3.05, 3.63) is 41.3 Å². The van der Waals surface area contributed by atoms with Crippen molar-refractivity contribution in [1.29, 1.82) is 0 Å². The molecule has 0 aliphatic carbocycles. The molecule has 0 saturated heterocycles. The zero-order valence-electron chi connectivity index (χ0n) is 15.0. The average Bonchev–Trinajstić information content (AvgIpc) is 3.05. The van der Waals surface area contributed by atoms with E-state index in [0.29, 0.717) is 41.7 Å².